The average molecular weight is 364 g/mol. The van der Waals surface area contributed by atoms with E-state index < -0.39 is 17.4 Å². The molecule has 0 saturated heterocycles. The van der Waals surface area contributed by atoms with Gasteiger partial charge in [0.25, 0.3) is 0 Å². The van der Waals surface area contributed by atoms with Crippen LogP contribution in [0.25, 0.3) is 0 Å². The second-order valence-corrected chi connectivity index (χ2v) is 6.94. The van der Waals surface area contributed by atoms with Gasteiger partial charge in [-0.2, -0.15) is 0 Å². The van der Waals surface area contributed by atoms with E-state index in [1.807, 2.05) is 51.1 Å². The molecule has 0 aromatic heterocycles. The smallest absolute Gasteiger partial charge is 0.338 e. The number of rotatable bonds is 6. The Kier molecular flexibility index (Phi) is 6.01. The van der Waals surface area contributed by atoms with Crippen molar-refractivity contribution in [2.45, 2.75) is 33.1 Å². The number of carbonyl (C=O) groups is 2. The van der Waals surface area contributed by atoms with Crippen molar-refractivity contribution in [3.63, 3.8) is 0 Å². The van der Waals surface area contributed by atoms with Crippen molar-refractivity contribution in [1.29, 1.82) is 0 Å². The summed E-state index contributed by atoms with van der Waals surface area (Å²) in [7, 11) is 0. The molecule has 2 rings (SSSR count). The first kappa shape index (κ1) is 20.2. The van der Waals surface area contributed by atoms with Crippen LogP contribution in [-0.2, 0) is 15.0 Å². The van der Waals surface area contributed by atoms with E-state index in [-0.39, 0.29) is 0 Å². The zero-order valence-corrected chi connectivity index (χ0v) is 16.2. The van der Waals surface area contributed by atoms with Crippen LogP contribution >= 0.6 is 0 Å². The largest absolute Gasteiger partial charge is 0.423 e. The van der Waals surface area contributed by atoms with Gasteiger partial charge >= 0.3 is 11.9 Å². The maximum atomic E-state index is 11.7. The van der Waals surface area contributed by atoms with E-state index in [4.69, 9.17) is 9.47 Å². The van der Waals surface area contributed by atoms with Crippen molar-refractivity contribution in [1.82, 2.24) is 0 Å². The molecular weight excluding hydrogens is 340 g/mol. The molecule has 4 nitrogen and oxygen atoms in total. The summed E-state index contributed by atoms with van der Waals surface area (Å²) in [6.45, 7) is 14.6. The zero-order valence-electron chi connectivity index (χ0n) is 16.2. The minimum atomic E-state index is -0.500. The molecule has 0 aliphatic heterocycles. The Morgan fingerprint density at radius 3 is 2.22 bits per heavy atom. The van der Waals surface area contributed by atoms with Gasteiger partial charge in [-0.25, -0.2) is 9.59 Å². The maximum absolute atomic E-state index is 11.7. The number of aryl methyl sites for hydroxylation is 1. The number of ether oxygens (including phenoxy) is 2. The van der Waals surface area contributed by atoms with E-state index in [1.54, 1.807) is 19.1 Å². The Hall–Kier alpha value is -3.14. The van der Waals surface area contributed by atoms with Gasteiger partial charge in [0.15, 0.2) is 0 Å². The van der Waals surface area contributed by atoms with Crippen LogP contribution < -0.4 is 9.47 Å². The predicted octanol–water partition coefficient (Wildman–Crippen LogP) is 4.89. The normalized spacial score (nSPS) is 10.8. The van der Waals surface area contributed by atoms with Crippen molar-refractivity contribution < 1.29 is 19.1 Å². The molecule has 140 valence electrons. The van der Waals surface area contributed by atoms with Gasteiger partial charge in [0.05, 0.1) is 0 Å². The SMILES string of the molecule is C=CC(=O)Oc1cc(C)ccc1C(C)(C)c1ccc(OC(=O)C(=C)C)cc1. The van der Waals surface area contributed by atoms with Gasteiger partial charge in [0.1, 0.15) is 11.5 Å². The van der Waals surface area contributed by atoms with Gasteiger partial charge in [-0.3, -0.25) is 0 Å². The molecule has 0 N–H and O–H groups in total. The molecule has 0 radical (unpaired) electrons. The maximum Gasteiger partial charge on any atom is 0.338 e. The first-order valence-electron chi connectivity index (χ1n) is 8.58. The molecule has 0 heterocycles. The van der Waals surface area contributed by atoms with Crippen LogP contribution in [0.15, 0.2) is 67.3 Å². The molecule has 27 heavy (non-hydrogen) atoms. The quantitative estimate of drug-likeness (QED) is 0.416. The summed E-state index contributed by atoms with van der Waals surface area (Å²) in [6.07, 6.45) is 1.14. The first-order valence-corrected chi connectivity index (χ1v) is 8.58. The van der Waals surface area contributed by atoms with Gasteiger partial charge in [-0.05, 0) is 43.2 Å². The van der Waals surface area contributed by atoms with Gasteiger partial charge in [-0.1, -0.05) is 51.3 Å². The predicted molar refractivity (Wildman–Crippen MR) is 106 cm³/mol. The lowest BCUT2D eigenvalue weighted by Gasteiger charge is -2.28. The third-order valence-electron chi connectivity index (χ3n) is 4.32. The van der Waals surface area contributed by atoms with Crippen LogP contribution in [0, 0.1) is 6.92 Å². The fourth-order valence-corrected chi connectivity index (χ4v) is 2.67. The van der Waals surface area contributed by atoms with Crippen molar-refractivity contribution in [3.05, 3.63) is 84.0 Å². The van der Waals surface area contributed by atoms with E-state index in [2.05, 4.69) is 13.2 Å². The lowest BCUT2D eigenvalue weighted by Crippen LogP contribution is -2.21. The van der Waals surface area contributed by atoms with Crippen LogP contribution in [-0.4, -0.2) is 11.9 Å². The van der Waals surface area contributed by atoms with Crippen LogP contribution in [0.2, 0.25) is 0 Å². The number of esters is 2. The zero-order chi connectivity index (χ0) is 20.2. The highest BCUT2D eigenvalue weighted by molar-refractivity contribution is 5.88. The number of benzene rings is 2. The van der Waals surface area contributed by atoms with Crippen molar-refractivity contribution in [2.24, 2.45) is 0 Å². The van der Waals surface area contributed by atoms with Gasteiger partial charge in [-0.15, -0.1) is 0 Å². The van der Waals surface area contributed by atoms with E-state index >= 15 is 0 Å². The standard InChI is InChI=1S/C23H24O4/c1-7-21(24)27-20-14-16(4)8-13-19(20)23(5,6)17-9-11-18(12-10-17)26-22(25)15(2)3/h7-14H,1-2H2,3-6H3. The second-order valence-electron chi connectivity index (χ2n) is 6.94. The molecule has 2 aromatic carbocycles. The summed E-state index contributed by atoms with van der Waals surface area (Å²) in [5.74, 6) is -0.00803. The molecule has 0 bridgehead atoms. The highest BCUT2D eigenvalue weighted by Gasteiger charge is 2.27. The molecule has 0 unspecified atom stereocenters. The minimum Gasteiger partial charge on any atom is -0.423 e. The topological polar surface area (TPSA) is 52.6 Å². The molecule has 4 heteroatoms. The summed E-state index contributed by atoms with van der Waals surface area (Å²) in [5, 5.41) is 0. The Morgan fingerprint density at radius 1 is 1.04 bits per heavy atom. The van der Waals surface area contributed by atoms with Crippen LogP contribution in [0.4, 0.5) is 0 Å². The molecule has 2 aromatic rings. The monoisotopic (exact) mass is 364 g/mol. The van der Waals surface area contributed by atoms with E-state index in [0.29, 0.717) is 17.1 Å². The third-order valence-corrected chi connectivity index (χ3v) is 4.32. The lowest BCUT2D eigenvalue weighted by atomic mass is 9.77. The fraction of sp³-hybridized carbons (Fsp3) is 0.217. The van der Waals surface area contributed by atoms with Crippen LogP contribution in [0.1, 0.15) is 37.5 Å². The molecule has 0 atom stereocenters. The number of hydrogen-bond donors (Lipinski definition) is 0. The average Bonchev–Trinajstić information content (AvgIpc) is 2.61. The van der Waals surface area contributed by atoms with Crippen LogP contribution in [0.3, 0.4) is 0 Å². The van der Waals surface area contributed by atoms with Gasteiger partial charge < -0.3 is 9.47 Å². The Labute approximate surface area is 160 Å². The minimum absolute atomic E-state index is 0.340. The van der Waals surface area contributed by atoms with Gasteiger partial charge in [0, 0.05) is 22.6 Å². The molecule has 0 spiro atoms. The molecule has 0 aliphatic carbocycles. The number of hydrogen-bond acceptors (Lipinski definition) is 4. The van der Waals surface area contributed by atoms with Gasteiger partial charge in [0.2, 0.25) is 0 Å². The first-order chi connectivity index (χ1) is 12.6. The van der Waals surface area contributed by atoms with E-state index in [1.165, 1.54) is 0 Å². The van der Waals surface area contributed by atoms with Crippen molar-refractivity contribution in [3.8, 4) is 11.5 Å². The molecular formula is C23H24O4. The Balaban J connectivity index is 2.38. The summed E-state index contributed by atoms with van der Waals surface area (Å²) >= 11 is 0. The molecule has 0 aliphatic rings. The Morgan fingerprint density at radius 2 is 1.67 bits per heavy atom. The molecule has 0 fully saturated rings. The van der Waals surface area contributed by atoms with Crippen molar-refractivity contribution in [2.75, 3.05) is 0 Å². The Bertz CT molecular complexity index is 889. The van der Waals surface area contributed by atoms with E-state index in [9.17, 15) is 9.59 Å². The lowest BCUT2D eigenvalue weighted by molar-refractivity contribution is -0.130. The third kappa shape index (κ3) is 4.73. The summed E-state index contributed by atoms with van der Waals surface area (Å²) in [6, 6.07) is 13.0. The van der Waals surface area contributed by atoms with E-state index in [0.717, 1.165) is 22.8 Å². The summed E-state index contributed by atoms with van der Waals surface area (Å²) in [4.78, 5) is 23.4. The van der Waals surface area contributed by atoms with Crippen LogP contribution in [0.5, 0.6) is 11.5 Å². The highest BCUT2D eigenvalue weighted by atomic mass is 16.5. The fourth-order valence-electron chi connectivity index (χ4n) is 2.67. The summed E-state index contributed by atoms with van der Waals surface area (Å²) in [5.41, 5.74) is 2.74. The number of carbonyl (C=O) groups excluding carboxylic acids is 2. The summed E-state index contributed by atoms with van der Waals surface area (Å²) < 4.78 is 10.7. The van der Waals surface area contributed by atoms with Crippen molar-refractivity contribution >= 4 is 11.9 Å². The second kappa shape index (κ2) is 8.04. The highest BCUT2D eigenvalue weighted by Crippen LogP contribution is 2.38. The molecule has 0 amide bonds. The molecule has 0 saturated carbocycles.